The van der Waals surface area contributed by atoms with Gasteiger partial charge in [-0.05, 0) is 36.6 Å². The van der Waals surface area contributed by atoms with E-state index in [9.17, 15) is 9.18 Å². The number of allylic oxidation sites excluding steroid dienone is 1. The molecule has 0 heterocycles. The van der Waals surface area contributed by atoms with Gasteiger partial charge in [-0.25, -0.2) is 4.39 Å². The summed E-state index contributed by atoms with van der Waals surface area (Å²) in [5.41, 5.74) is 1.60. The maximum Gasteiger partial charge on any atom is 0.244 e. The fourth-order valence-electron chi connectivity index (χ4n) is 2.23. The van der Waals surface area contributed by atoms with Crippen molar-refractivity contribution in [2.75, 3.05) is 6.61 Å². The summed E-state index contributed by atoms with van der Waals surface area (Å²) in [5.74, 6) is -0.348. The number of carbonyl (C=O) groups is 1. The molecule has 1 aromatic carbocycles. The van der Waals surface area contributed by atoms with Gasteiger partial charge in [0.05, 0.1) is 0 Å². The maximum atomic E-state index is 12.8. The molecule has 0 saturated carbocycles. The van der Waals surface area contributed by atoms with Crippen LogP contribution < -0.4 is 5.32 Å². The number of hydrogen-bond donors (Lipinski definition) is 2. The van der Waals surface area contributed by atoms with Gasteiger partial charge in [0.15, 0.2) is 0 Å². The summed E-state index contributed by atoms with van der Waals surface area (Å²) >= 11 is 0. The van der Waals surface area contributed by atoms with Crippen LogP contribution in [0, 0.1) is 11.7 Å². The highest BCUT2D eigenvalue weighted by Gasteiger charge is 2.18. The van der Waals surface area contributed by atoms with Crippen molar-refractivity contribution >= 4 is 11.5 Å². The van der Waals surface area contributed by atoms with Gasteiger partial charge in [0.2, 0.25) is 5.91 Å². The lowest BCUT2D eigenvalue weighted by Gasteiger charge is -2.11. The molecule has 0 aromatic heterocycles. The number of carbonyl (C=O) groups excluding carboxylic acids is 1. The number of halogens is 1. The van der Waals surface area contributed by atoms with Crippen LogP contribution in [0.3, 0.4) is 0 Å². The normalized spacial score (nSPS) is 22.1. The average molecular weight is 275 g/mol. The molecule has 1 aliphatic rings. The van der Waals surface area contributed by atoms with Gasteiger partial charge in [-0.15, -0.1) is 0 Å². The van der Waals surface area contributed by atoms with Crippen LogP contribution in [-0.2, 0) is 4.79 Å². The molecule has 2 atom stereocenters. The number of amides is 1. The first-order valence-electron chi connectivity index (χ1n) is 6.62. The minimum absolute atomic E-state index is 0.0306. The van der Waals surface area contributed by atoms with Crippen LogP contribution in [0.15, 0.2) is 42.5 Å². The third kappa shape index (κ3) is 3.78. The first-order chi connectivity index (χ1) is 9.58. The minimum Gasteiger partial charge on any atom is -0.396 e. The highest BCUT2D eigenvalue weighted by atomic mass is 19.1. The van der Waals surface area contributed by atoms with E-state index in [0.29, 0.717) is 0 Å². The van der Waals surface area contributed by atoms with Crippen molar-refractivity contribution in [2.45, 2.75) is 19.4 Å². The molecular formula is C16H18FNO2. The zero-order valence-electron chi connectivity index (χ0n) is 11.3. The van der Waals surface area contributed by atoms with Crippen molar-refractivity contribution in [3.63, 3.8) is 0 Å². The van der Waals surface area contributed by atoms with Crippen LogP contribution >= 0.6 is 0 Å². The van der Waals surface area contributed by atoms with Gasteiger partial charge in [-0.3, -0.25) is 4.79 Å². The zero-order chi connectivity index (χ0) is 14.5. The van der Waals surface area contributed by atoms with Crippen LogP contribution in [0.4, 0.5) is 4.39 Å². The first kappa shape index (κ1) is 14.5. The van der Waals surface area contributed by atoms with E-state index >= 15 is 0 Å². The van der Waals surface area contributed by atoms with Gasteiger partial charge in [-0.1, -0.05) is 24.3 Å². The summed E-state index contributed by atoms with van der Waals surface area (Å²) in [5, 5.41) is 11.9. The van der Waals surface area contributed by atoms with Crippen LogP contribution in [0.1, 0.15) is 18.9 Å². The number of benzene rings is 1. The molecule has 0 bridgehead atoms. The highest BCUT2D eigenvalue weighted by molar-refractivity contribution is 5.95. The fourth-order valence-corrected chi connectivity index (χ4v) is 2.23. The Morgan fingerprint density at radius 2 is 2.10 bits per heavy atom. The molecule has 1 amide bonds. The predicted molar refractivity (Wildman–Crippen MR) is 76.3 cm³/mol. The Hall–Kier alpha value is -1.94. The molecule has 3 nitrogen and oxygen atoms in total. The molecule has 1 aliphatic carbocycles. The molecule has 0 fully saturated rings. The molecule has 0 unspecified atom stereocenters. The van der Waals surface area contributed by atoms with Crippen LogP contribution in [-0.4, -0.2) is 23.7 Å². The zero-order valence-corrected chi connectivity index (χ0v) is 11.3. The summed E-state index contributed by atoms with van der Waals surface area (Å²) in [4.78, 5) is 11.9. The largest absolute Gasteiger partial charge is 0.396 e. The van der Waals surface area contributed by atoms with Gasteiger partial charge < -0.3 is 10.4 Å². The summed E-state index contributed by atoms with van der Waals surface area (Å²) in [6, 6.07) is 6.00. The molecule has 106 valence electrons. The molecule has 4 heteroatoms. The van der Waals surface area contributed by atoms with E-state index in [1.54, 1.807) is 12.1 Å². The standard InChI is InChI=1S/C16H18FNO2/c1-11(13-3-5-14(17)6-4-13)8-16(20)18-15-7-2-12(9-15)10-19/h2-8,12,15,19H,9-10H2,1H3,(H,18,20)/b11-8-/t12-,15+/m0/s1. The average Bonchev–Trinajstić information content (AvgIpc) is 2.86. The number of rotatable bonds is 4. The Balaban J connectivity index is 1.95. The van der Waals surface area contributed by atoms with Gasteiger partial charge in [0.1, 0.15) is 5.82 Å². The topological polar surface area (TPSA) is 49.3 Å². The summed E-state index contributed by atoms with van der Waals surface area (Å²) in [6.45, 7) is 1.92. The van der Waals surface area contributed by atoms with Crippen LogP contribution in [0.5, 0.6) is 0 Å². The first-order valence-corrected chi connectivity index (χ1v) is 6.62. The Bertz CT molecular complexity index is 534. The molecule has 1 aromatic rings. The SMILES string of the molecule is C/C(=C/C(=O)N[C@@H]1C=C[C@H](CO)C1)c1ccc(F)cc1. The van der Waals surface area contributed by atoms with Crippen molar-refractivity contribution in [3.05, 3.63) is 53.9 Å². The Labute approximate surface area is 117 Å². The number of aliphatic hydroxyl groups is 1. The van der Waals surface area contributed by atoms with Gasteiger partial charge in [0.25, 0.3) is 0 Å². The van der Waals surface area contributed by atoms with Crippen molar-refractivity contribution in [1.82, 2.24) is 5.32 Å². The Morgan fingerprint density at radius 3 is 2.70 bits per heavy atom. The van der Waals surface area contributed by atoms with Crippen molar-refractivity contribution in [3.8, 4) is 0 Å². The molecular weight excluding hydrogens is 257 g/mol. The second-order valence-corrected chi connectivity index (χ2v) is 5.01. The Morgan fingerprint density at radius 1 is 1.40 bits per heavy atom. The van der Waals surface area contributed by atoms with Crippen LogP contribution in [0.25, 0.3) is 5.57 Å². The summed E-state index contributed by atoms with van der Waals surface area (Å²) < 4.78 is 12.8. The third-order valence-electron chi connectivity index (χ3n) is 3.38. The molecule has 2 N–H and O–H groups in total. The van der Waals surface area contributed by atoms with Crippen molar-refractivity contribution in [2.24, 2.45) is 5.92 Å². The quantitative estimate of drug-likeness (QED) is 0.654. The summed E-state index contributed by atoms with van der Waals surface area (Å²) in [7, 11) is 0. The maximum absolute atomic E-state index is 12.8. The summed E-state index contributed by atoms with van der Waals surface area (Å²) in [6.07, 6.45) is 6.06. The Kier molecular flexibility index (Phi) is 4.69. The molecule has 0 saturated heterocycles. The molecule has 2 rings (SSSR count). The monoisotopic (exact) mass is 275 g/mol. The number of hydrogen-bond acceptors (Lipinski definition) is 2. The van der Waals surface area contributed by atoms with Gasteiger partial charge >= 0.3 is 0 Å². The predicted octanol–water partition coefficient (Wildman–Crippen LogP) is 2.28. The van der Waals surface area contributed by atoms with Gasteiger partial charge in [-0.2, -0.15) is 0 Å². The smallest absolute Gasteiger partial charge is 0.244 e. The molecule has 0 spiro atoms. The lowest BCUT2D eigenvalue weighted by atomic mass is 10.1. The fraction of sp³-hybridized carbons (Fsp3) is 0.312. The lowest BCUT2D eigenvalue weighted by Crippen LogP contribution is -2.31. The molecule has 0 radical (unpaired) electrons. The van der Waals surface area contributed by atoms with E-state index in [1.165, 1.54) is 18.2 Å². The van der Waals surface area contributed by atoms with E-state index in [2.05, 4.69) is 5.32 Å². The van der Waals surface area contributed by atoms with E-state index < -0.39 is 0 Å². The minimum atomic E-state index is -0.294. The van der Waals surface area contributed by atoms with E-state index in [1.807, 2.05) is 19.1 Å². The van der Waals surface area contributed by atoms with Crippen molar-refractivity contribution in [1.29, 1.82) is 0 Å². The second kappa shape index (κ2) is 6.48. The van der Waals surface area contributed by atoms with Gasteiger partial charge in [0, 0.05) is 24.6 Å². The third-order valence-corrected chi connectivity index (χ3v) is 3.38. The second-order valence-electron chi connectivity index (χ2n) is 5.01. The van der Waals surface area contributed by atoms with E-state index in [0.717, 1.165) is 17.6 Å². The lowest BCUT2D eigenvalue weighted by molar-refractivity contribution is -0.116. The number of nitrogens with one attached hydrogen (secondary N) is 1. The molecule has 20 heavy (non-hydrogen) atoms. The van der Waals surface area contributed by atoms with Crippen LogP contribution in [0.2, 0.25) is 0 Å². The van der Waals surface area contributed by atoms with E-state index in [4.69, 9.17) is 5.11 Å². The highest BCUT2D eigenvalue weighted by Crippen LogP contribution is 2.18. The number of aliphatic hydroxyl groups excluding tert-OH is 1. The molecule has 0 aliphatic heterocycles. The van der Waals surface area contributed by atoms with Crippen molar-refractivity contribution < 1.29 is 14.3 Å². The van der Waals surface area contributed by atoms with E-state index in [-0.39, 0.29) is 30.3 Å².